The smallest absolute Gasteiger partial charge is 0.414 e. The Labute approximate surface area is 194 Å². The van der Waals surface area contributed by atoms with Crippen LogP contribution in [-0.4, -0.2) is 72.9 Å². The monoisotopic (exact) mass is 483 g/mol. The van der Waals surface area contributed by atoms with Gasteiger partial charge in [0.15, 0.2) is 18.3 Å². The Morgan fingerprint density at radius 3 is 1.88 bits per heavy atom. The number of hydrogen-bond acceptors (Lipinski definition) is 12. The van der Waals surface area contributed by atoms with Crippen LogP contribution in [0.1, 0.15) is 26.3 Å². The summed E-state index contributed by atoms with van der Waals surface area (Å²) in [6, 6.07) is 6.10. The molecule has 0 spiro atoms. The lowest BCUT2D eigenvalue weighted by Crippen LogP contribution is -2.64. The van der Waals surface area contributed by atoms with Gasteiger partial charge in [0.2, 0.25) is 12.4 Å². The molecule has 2 N–H and O–H groups in total. The van der Waals surface area contributed by atoms with E-state index in [1.807, 2.05) is 0 Å². The number of ether oxygens (including phenoxy) is 6. The van der Waals surface area contributed by atoms with Crippen LogP contribution in [-0.2, 0) is 54.2 Å². The van der Waals surface area contributed by atoms with Crippen molar-refractivity contribution in [3.8, 4) is 0 Å². The Kier molecular flexibility index (Phi) is 9.33. The zero-order valence-corrected chi connectivity index (χ0v) is 18.8. The Hall–Kier alpha value is -3.71. The van der Waals surface area contributed by atoms with Crippen LogP contribution < -0.4 is 5.32 Å². The number of hydrogen-bond donors (Lipinski definition) is 2. The van der Waals surface area contributed by atoms with E-state index in [0.717, 1.165) is 27.9 Å². The molecule has 0 radical (unpaired) electrons. The van der Waals surface area contributed by atoms with Crippen LogP contribution in [0.2, 0.25) is 0 Å². The van der Waals surface area contributed by atoms with Gasteiger partial charge in [-0.15, -0.1) is 0 Å². The van der Waals surface area contributed by atoms with E-state index in [4.69, 9.17) is 28.8 Å². The second kappa shape index (κ2) is 12.0. The summed E-state index contributed by atoms with van der Waals surface area (Å²) in [6.07, 6.45) is -9.28. The average Bonchev–Trinajstić information content (AvgIpc) is 2.76. The minimum atomic E-state index is -1.76. The maximum Gasteiger partial charge on any atom is 0.414 e. The molecule has 0 aromatic heterocycles. The fourth-order valence-electron chi connectivity index (χ4n) is 3.12. The van der Waals surface area contributed by atoms with Gasteiger partial charge >= 0.3 is 30.0 Å². The summed E-state index contributed by atoms with van der Waals surface area (Å²) >= 11 is 0. The van der Waals surface area contributed by atoms with Crippen molar-refractivity contribution in [2.45, 2.75) is 58.1 Å². The fraction of sp³-hybridized carbons (Fsp3) is 0.476. The molecule has 0 bridgehead atoms. The normalized spacial score (nSPS) is 23.7. The Bertz CT molecular complexity index is 915. The first-order valence-electron chi connectivity index (χ1n) is 9.98. The van der Waals surface area contributed by atoms with Gasteiger partial charge in [0, 0.05) is 26.5 Å². The molecule has 1 saturated heterocycles. The van der Waals surface area contributed by atoms with E-state index in [2.05, 4.69) is 10.1 Å². The summed E-state index contributed by atoms with van der Waals surface area (Å²) in [4.78, 5) is 60.0. The van der Waals surface area contributed by atoms with Crippen LogP contribution in [0.5, 0.6) is 0 Å². The van der Waals surface area contributed by atoms with Crippen molar-refractivity contribution >= 4 is 35.7 Å². The molecule has 1 aliphatic rings. The van der Waals surface area contributed by atoms with Gasteiger partial charge in [0.05, 0.1) is 13.7 Å². The number of nitrogens with one attached hydrogen (secondary N) is 1. The van der Waals surface area contributed by atoms with Crippen LogP contribution in [0.3, 0.4) is 0 Å². The Morgan fingerprint density at radius 2 is 1.38 bits per heavy atom. The summed E-state index contributed by atoms with van der Waals surface area (Å²) in [7, 11) is 1.04. The number of carbonyl (C=O) groups excluding carboxylic acids is 5. The van der Waals surface area contributed by atoms with E-state index in [1.54, 1.807) is 12.1 Å². The molecule has 0 saturated carbocycles. The lowest BCUT2D eigenvalue weighted by Gasteiger charge is -2.42. The third kappa shape index (κ3) is 7.15. The average molecular weight is 483 g/mol. The van der Waals surface area contributed by atoms with Gasteiger partial charge in [-0.25, -0.2) is 9.59 Å². The molecule has 1 fully saturated rings. The molecule has 186 valence electrons. The molecule has 1 heterocycles. The van der Waals surface area contributed by atoms with Crippen LogP contribution in [0.15, 0.2) is 24.3 Å². The second-order valence-corrected chi connectivity index (χ2v) is 7.06. The highest BCUT2D eigenvalue weighted by Crippen LogP contribution is 2.30. The number of esters is 4. The van der Waals surface area contributed by atoms with Crippen molar-refractivity contribution in [1.82, 2.24) is 0 Å². The lowest BCUT2D eigenvalue weighted by atomic mass is 9.97. The zero-order chi connectivity index (χ0) is 25.4. The predicted octanol–water partition coefficient (Wildman–Crippen LogP) is 0.420. The molecule has 1 amide bonds. The maximum atomic E-state index is 12.5. The second-order valence-electron chi connectivity index (χ2n) is 7.06. The molecular formula is C21H25NO12. The van der Waals surface area contributed by atoms with Gasteiger partial charge in [-0.1, -0.05) is 12.1 Å². The van der Waals surface area contributed by atoms with Crippen LogP contribution in [0.4, 0.5) is 10.5 Å². The molecule has 0 unspecified atom stereocenters. The highest BCUT2D eigenvalue weighted by atomic mass is 16.8. The van der Waals surface area contributed by atoms with Crippen molar-refractivity contribution in [2.24, 2.45) is 0 Å². The lowest BCUT2D eigenvalue weighted by molar-refractivity contribution is -0.287. The number of aliphatic hydroxyl groups excluding tert-OH is 1. The summed E-state index contributed by atoms with van der Waals surface area (Å²) in [6.45, 7) is 2.92. The minimum absolute atomic E-state index is 0.194. The topological polar surface area (TPSA) is 173 Å². The number of carbonyl (C=O) groups is 5. The number of benzene rings is 1. The first kappa shape index (κ1) is 26.5. The van der Waals surface area contributed by atoms with Crippen LogP contribution in [0, 0.1) is 0 Å². The highest BCUT2D eigenvalue weighted by molar-refractivity contribution is 5.84. The van der Waals surface area contributed by atoms with E-state index in [-0.39, 0.29) is 6.61 Å². The molecule has 0 aliphatic carbocycles. The Balaban J connectivity index is 2.36. The van der Waals surface area contributed by atoms with Crippen molar-refractivity contribution in [3.05, 3.63) is 29.8 Å². The van der Waals surface area contributed by atoms with Crippen LogP contribution in [0.25, 0.3) is 0 Å². The molecule has 1 aromatic carbocycles. The summed E-state index contributed by atoms with van der Waals surface area (Å²) in [5, 5.41) is 11.5. The molecule has 1 aliphatic heterocycles. The Morgan fingerprint density at radius 1 is 0.853 bits per heavy atom. The number of rotatable bonds is 7. The van der Waals surface area contributed by atoms with Gasteiger partial charge in [0.1, 0.15) is 0 Å². The third-order valence-electron chi connectivity index (χ3n) is 4.44. The molecule has 13 nitrogen and oxygen atoms in total. The maximum absolute atomic E-state index is 12.5. The number of methoxy groups -OCH3 is 1. The van der Waals surface area contributed by atoms with E-state index in [0.29, 0.717) is 11.3 Å². The standard InChI is InChI=1S/C21H25NO12/c1-10(24)30-15-16(31-11(2)25)18(32-12(3)26)20(33-17(15)19(27)29-4)34-21(28)22-14-7-5-13(9-23)6-8-14/h5-8,15-18,20,23H,9H2,1-4H3,(H,22,28)/t15-,16-,17-,18+,20-/m0/s1. The molecule has 5 atom stereocenters. The molecule has 34 heavy (non-hydrogen) atoms. The van der Waals surface area contributed by atoms with Gasteiger partial charge in [0.25, 0.3) is 0 Å². The highest BCUT2D eigenvalue weighted by Gasteiger charge is 2.56. The van der Waals surface area contributed by atoms with Crippen molar-refractivity contribution in [3.63, 3.8) is 0 Å². The van der Waals surface area contributed by atoms with E-state index in [9.17, 15) is 24.0 Å². The fourth-order valence-corrected chi connectivity index (χ4v) is 3.12. The third-order valence-corrected chi connectivity index (χ3v) is 4.44. The summed E-state index contributed by atoms with van der Waals surface area (Å²) < 4.78 is 30.8. The molecule has 1 aromatic rings. The SMILES string of the molecule is COC(=O)[C@H]1O[C@@H](OC(=O)Nc2ccc(CO)cc2)[C@H](OC(C)=O)[C@@H](OC(C)=O)[C@@H]1OC(C)=O. The molecular weight excluding hydrogens is 458 g/mol. The molecule has 13 heteroatoms. The predicted molar refractivity (Wildman–Crippen MR) is 110 cm³/mol. The zero-order valence-electron chi connectivity index (χ0n) is 18.8. The largest absolute Gasteiger partial charge is 0.467 e. The van der Waals surface area contributed by atoms with E-state index >= 15 is 0 Å². The van der Waals surface area contributed by atoms with Crippen molar-refractivity contribution < 1.29 is 57.5 Å². The van der Waals surface area contributed by atoms with E-state index < -0.39 is 60.7 Å². The van der Waals surface area contributed by atoms with Gasteiger partial charge in [-0.2, -0.15) is 0 Å². The van der Waals surface area contributed by atoms with Gasteiger partial charge in [-0.05, 0) is 17.7 Å². The van der Waals surface area contributed by atoms with Crippen LogP contribution >= 0.6 is 0 Å². The van der Waals surface area contributed by atoms with Crippen molar-refractivity contribution in [2.75, 3.05) is 12.4 Å². The minimum Gasteiger partial charge on any atom is -0.467 e. The summed E-state index contributed by atoms with van der Waals surface area (Å²) in [5.74, 6) is -3.61. The number of anilines is 1. The summed E-state index contributed by atoms with van der Waals surface area (Å²) in [5.41, 5.74) is 0.895. The van der Waals surface area contributed by atoms with E-state index in [1.165, 1.54) is 12.1 Å². The first-order chi connectivity index (χ1) is 16.0. The van der Waals surface area contributed by atoms with Gasteiger partial charge < -0.3 is 33.5 Å². The number of aliphatic hydroxyl groups is 1. The molecule has 2 rings (SSSR count). The quantitative estimate of drug-likeness (QED) is 0.405. The number of amides is 1. The van der Waals surface area contributed by atoms with Gasteiger partial charge in [-0.3, -0.25) is 19.7 Å². The first-order valence-corrected chi connectivity index (χ1v) is 9.98. The van der Waals surface area contributed by atoms with Crippen molar-refractivity contribution in [1.29, 1.82) is 0 Å².